The molecule has 24 heavy (non-hydrogen) atoms. The summed E-state index contributed by atoms with van der Waals surface area (Å²) in [5, 5.41) is 5.62. The van der Waals surface area contributed by atoms with Gasteiger partial charge in [-0.25, -0.2) is 4.98 Å². The molecule has 4 rings (SSSR count). The van der Waals surface area contributed by atoms with E-state index in [4.69, 9.17) is 23.2 Å². The second-order valence-electron chi connectivity index (χ2n) is 5.49. The maximum atomic E-state index is 12.6. The lowest BCUT2D eigenvalue weighted by molar-refractivity contribution is 0.390. The molecule has 0 saturated heterocycles. The van der Waals surface area contributed by atoms with Crippen LogP contribution in [0.25, 0.3) is 10.9 Å². The third-order valence-corrected chi connectivity index (χ3v) is 5.82. The van der Waals surface area contributed by atoms with E-state index in [0.717, 1.165) is 5.56 Å². The van der Waals surface area contributed by atoms with E-state index >= 15 is 0 Å². The lowest BCUT2D eigenvalue weighted by Crippen LogP contribution is -2.39. The van der Waals surface area contributed by atoms with Crippen molar-refractivity contribution in [3.63, 3.8) is 0 Å². The summed E-state index contributed by atoms with van der Waals surface area (Å²) in [5.41, 5.74) is 1.78. The van der Waals surface area contributed by atoms with Gasteiger partial charge in [-0.2, -0.15) is 17.8 Å². The average molecular weight is 387 g/mol. The first kappa shape index (κ1) is 15.7. The van der Waals surface area contributed by atoms with Crippen LogP contribution in [-0.2, 0) is 30.3 Å². The lowest BCUT2D eigenvalue weighted by Gasteiger charge is -2.29. The molecule has 0 spiro atoms. The van der Waals surface area contributed by atoms with E-state index in [0.29, 0.717) is 32.5 Å². The number of fused-ring (bicyclic) bond motifs is 3. The van der Waals surface area contributed by atoms with Crippen molar-refractivity contribution < 1.29 is 8.42 Å². The first-order chi connectivity index (χ1) is 11.3. The van der Waals surface area contributed by atoms with Gasteiger partial charge in [-0.1, -0.05) is 23.2 Å². The van der Waals surface area contributed by atoms with Crippen LogP contribution in [0.3, 0.4) is 0 Å². The van der Waals surface area contributed by atoms with Gasteiger partial charge in [0, 0.05) is 25.2 Å². The lowest BCUT2D eigenvalue weighted by atomic mass is 10.1. The first-order valence-electron chi connectivity index (χ1n) is 6.95. The number of nitrogens with zero attached hydrogens (tertiary/aromatic N) is 4. The Morgan fingerprint density at radius 1 is 1.33 bits per heavy atom. The summed E-state index contributed by atoms with van der Waals surface area (Å²) in [4.78, 5) is 7.04. The molecular weight excluding hydrogens is 375 g/mol. The molecule has 1 aromatic carbocycles. The van der Waals surface area contributed by atoms with Gasteiger partial charge in [-0.15, -0.1) is 0 Å². The monoisotopic (exact) mass is 386 g/mol. The zero-order chi connectivity index (χ0) is 17.1. The van der Waals surface area contributed by atoms with Crippen LogP contribution in [0.2, 0.25) is 10.0 Å². The third-order valence-electron chi connectivity index (χ3n) is 3.83. The Morgan fingerprint density at radius 3 is 2.83 bits per heavy atom. The van der Waals surface area contributed by atoms with Crippen molar-refractivity contribution in [3.8, 4) is 0 Å². The van der Waals surface area contributed by atoms with Crippen LogP contribution in [0, 0.1) is 0 Å². The largest absolute Gasteiger partial charge is 0.358 e. The van der Waals surface area contributed by atoms with Crippen LogP contribution in [0.4, 0.5) is 5.69 Å². The fourth-order valence-electron chi connectivity index (χ4n) is 2.75. The predicted octanol–water partition coefficient (Wildman–Crippen LogP) is 2.28. The Kier molecular flexibility index (Phi) is 3.50. The molecule has 0 fully saturated rings. The van der Waals surface area contributed by atoms with Gasteiger partial charge in [-0.3, -0.25) is 9.40 Å². The molecule has 0 aliphatic carbocycles. The van der Waals surface area contributed by atoms with Crippen LogP contribution < -0.4 is 4.72 Å². The van der Waals surface area contributed by atoms with Crippen molar-refractivity contribution in [1.82, 2.24) is 24.1 Å². The maximum absolute atomic E-state index is 12.6. The number of aromatic nitrogens is 4. The number of halogens is 2. The summed E-state index contributed by atoms with van der Waals surface area (Å²) in [6, 6.07) is 1.72. The smallest absolute Gasteiger partial charge is 0.302 e. The average Bonchev–Trinajstić information content (AvgIpc) is 3.08. The molecule has 0 saturated carbocycles. The van der Waals surface area contributed by atoms with Crippen LogP contribution in [-0.4, -0.2) is 32.5 Å². The van der Waals surface area contributed by atoms with E-state index in [1.165, 1.54) is 15.3 Å². The number of anilines is 1. The molecule has 1 aliphatic rings. The minimum Gasteiger partial charge on any atom is -0.358 e. The molecule has 0 unspecified atom stereocenters. The van der Waals surface area contributed by atoms with Crippen molar-refractivity contribution >= 4 is 50.0 Å². The van der Waals surface area contributed by atoms with Crippen molar-refractivity contribution in [3.05, 3.63) is 40.0 Å². The van der Waals surface area contributed by atoms with Crippen molar-refractivity contribution in [2.75, 3.05) is 4.72 Å². The van der Waals surface area contributed by atoms with Gasteiger partial charge < -0.3 is 4.98 Å². The second-order valence-corrected chi connectivity index (χ2v) is 7.97. The molecular formula is C13H12Cl2N6O2S. The van der Waals surface area contributed by atoms with Crippen molar-refractivity contribution in [2.45, 2.75) is 13.1 Å². The molecule has 3 heterocycles. The number of hydrogen-bond acceptors (Lipinski definition) is 4. The molecule has 8 nitrogen and oxygen atoms in total. The minimum absolute atomic E-state index is 0.0662. The van der Waals surface area contributed by atoms with Gasteiger partial charge in [0.15, 0.2) is 5.82 Å². The SMILES string of the molecule is Cn1cnc(CN2Cc3cc(Cl)c4c(Cl)c[nH]c4c3NS2(=O)=O)n1. The Hall–Kier alpha value is -1.81. The van der Waals surface area contributed by atoms with Gasteiger partial charge >= 0.3 is 10.2 Å². The highest BCUT2D eigenvalue weighted by atomic mass is 35.5. The number of benzene rings is 1. The van der Waals surface area contributed by atoms with Gasteiger partial charge in [0.1, 0.15) is 6.33 Å². The summed E-state index contributed by atoms with van der Waals surface area (Å²) in [6.07, 6.45) is 3.10. The van der Waals surface area contributed by atoms with Gasteiger partial charge in [0.25, 0.3) is 0 Å². The fourth-order valence-corrected chi connectivity index (χ4v) is 4.59. The number of aromatic amines is 1. The number of nitrogens with one attached hydrogen (secondary N) is 2. The zero-order valence-electron chi connectivity index (χ0n) is 12.4. The Bertz CT molecular complexity index is 1060. The normalized spacial score (nSPS) is 17.0. The van der Waals surface area contributed by atoms with Crippen LogP contribution in [0.1, 0.15) is 11.4 Å². The van der Waals surface area contributed by atoms with Gasteiger partial charge in [0.2, 0.25) is 0 Å². The predicted molar refractivity (Wildman–Crippen MR) is 91.1 cm³/mol. The maximum Gasteiger partial charge on any atom is 0.302 e. The molecule has 2 aromatic heterocycles. The highest BCUT2D eigenvalue weighted by molar-refractivity contribution is 7.90. The van der Waals surface area contributed by atoms with Crippen LogP contribution >= 0.6 is 23.2 Å². The topological polar surface area (TPSA) is 95.9 Å². The van der Waals surface area contributed by atoms with E-state index in [1.807, 2.05) is 0 Å². The van der Waals surface area contributed by atoms with Crippen molar-refractivity contribution in [1.29, 1.82) is 0 Å². The highest BCUT2D eigenvalue weighted by Gasteiger charge is 2.32. The quantitative estimate of drug-likeness (QED) is 0.705. The van der Waals surface area contributed by atoms with Crippen LogP contribution in [0.5, 0.6) is 0 Å². The molecule has 11 heteroatoms. The number of aryl methyl sites for hydroxylation is 1. The Balaban J connectivity index is 1.79. The summed E-state index contributed by atoms with van der Waals surface area (Å²) in [6.45, 7) is 0.228. The van der Waals surface area contributed by atoms with Crippen LogP contribution in [0.15, 0.2) is 18.6 Å². The molecule has 0 bridgehead atoms. The minimum atomic E-state index is -3.73. The van der Waals surface area contributed by atoms with Crippen molar-refractivity contribution in [2.24, 2.45) is 7.05 Å². The highest BCUT2D eigenvalue weighted by Crippen LogP contribution is 2.40. The van der Waals surface area contributed by atoms with E-state index in [9.17, 15) is 8.42 Å². The number of H-pyrrole nitrogens is 1. The number of rotatable bonds is 2. The Morgan fingerprint density at radius 2 is 2.12 bits per heavy atom. The first-order valence-corrected chi connectivity index (χ1v) is 9.15. The molecule has 3 aromatic rings. The van der Waals surface area contributed by atoms with E-state index in [1.54, 1.807) is 19.3 Å². The second kappa shape index (κ2) is 5.35. The Labute approximate surface area is 147 Å². The van der Waals surface area contributed by atoms with E-state index in [-0.39, 0.29) is 13.1 Å². The third kappa shape index (κ3) is 2.44. The van der Waals surface area contributed by atoms with Gasteiger partial charge in [0.05, 0.1) is 27.8 Å². The molecule has 126 valence electrons. The molecule has 2 N–H and O–H groups in total. The molecule has 0 amide bonds. The molecule has 1 aliphatic heterocycles. The molecule has 0 radical (unpaired) electrons. The number of hydrogen-bond donors (Lipinski definition) is 2. The van der Waals surface area contributed by atoms with E-state index in [2.05, 4.69) is 19.8 Å². The zero-order valence-corrected chi connectivity index (χ0v) is 14.7. The van der Waals surface area contributed by atoms with E-state index < -0.39 is 10.2 Å². The fraction of sp³-hybridized carbons (Fsp3) is 0.231. The summed E-state index contributed by atoms with van der Waals surface area (Å²) >= 11 is 12.4. The summed E-state index contributed by atoms with van der Waals surface area (Å²) < 4.78 is 30.5. The summed E-state index contributed by atoms with van der Waals surface area (Å²) in [7, 11) is -2.01. The van der Waals surface area contributed by atoms with Gasteiger partial charge in [-0.05, 0) is 11.6 Å². The summed E-state index contributed by atoms with van der Waals surface area (Å²) in [5.74, 6) is 0.418. The standard InChI is InChI=1S/C13H12Cl2N6O2S/c1-20-6-17-10(18-20)5-21-4-7-2-8(14)11-9(15)3-16-13(11)12(7)19-24(21,22)23/h2-3,6,16,19H,4-5H2,1H3. The molecule has 0 atom stereocenters.